The second-order valence-electron chi connectivity index (χ2n) is 6.31. The zero-order valence-electron chi connectivity index (χ0n) is 14.2. The van der Waals surface area contributed by atoms with Gasteiger partial charge in [0, 0.05) is 55.8 Å². The number of rotatable bonds is 5. The lowest BCUT2D eigenvalue weighted by atomic mass is 10.1. The summed E-state index contributed by atoms with van der Waals surface area (Å²) in [7, 11) is 0. The summed E-state index contributed by atoms with van der Waals surface area (Å²) in [6.07, 6.45) is 5.34. The zero-order chi connectivity index (χ0) is 18.7. The molecule has 136 valence electrons. The second-order valence-corrected chi connectivity index (χ2v) is 6.31. The summed E-state index contributed by atoms with van der Waals surface area (Å²) >= 11 is 0. The third kappa shape index (κ3) is 4.01. The summed E-state index contributed by atoms with van der Waals surface area (Å²) in [4.78, 5) is 34.0. The van der Waals surface area contributed by atoms with Crippen molar-refractivity contribution in [3.63, 3.8) is 0 Å². The normalized spacial score (nSPS) is 18.0. The topological polar surface area (TPSA) is 75.2 Å². The van der Waals surface area contributed by atoms with Gasteiger partial charge in [0.15, 0.2) is 11.6 Å². The molecule has 1 aliphatic rings. The van der Waals surface area contributed by atoms with Crippen molar-refractivity contribution in [3.8, 4) is 0 Å². The SMILES string of the molecule is C[C@H](Cc1cnccn1)NC(=O)[C@H]1CC(=O)N(c2ccc(F)c(F)c2)C1. The van der Waals surface area contributed by atoms with E-state index in [2.05, 4.69) is 15.3 Å². The fourth-order valence-electron chi connectivity index (χ4n) is 2.95. The molecule has 2 amide bonds. The van der Waals surface area contributed by atoms with Crippen molar-refractivity contribution in [2.75, 3.05) is 11.4 Å². The van der Waals surface area contributed by atoms with Crippen LogP contribution in [0.3, 0.4) is 0 Å². The summed E-state index contributed by atoms with van der Waals surface area (Å²) in [5.41, 5.74) is 1.00. The molecule has 2 heterocycles. The highest BCUT2D eigenvalue weighted by Crippen LogP contribution is 2.26. The zero-order valence-corrected chi connectivity index (χ0v) is 14.2. The number of benzene rings is 1. The third-order valence-corrected chi connectivity index (χ3v) is 4.23. The molecule has 0 bridgehead atoms. The summed E-state index contributed by atoms with van der Waals surface area (Å²) in [6, 6.07) is 3.08. The van der Waals surface area contributed by atoms with Gasteiger partial charge in [-0.3, -0.25) is 19.6 Å². The van der Waals surface area contributed by atoms with E-state index in [1.807, 2.05) is 6.92 Å². The number of anilines is 1. The number of nitrogens with zero attached hydrogens (tertiary/aromatic N) is 3. The van der Waals surface area contributed by atoms with Gasteiger partial charge < -0.3 is 10.2 Å². The molecule has 0 aliphatic carbocycles. The molecule has 1 N–H and O–H groups in total. The Kier molecular flexibility index (Phi) is 5.20. The molecule has 1 fully saturated rings. The number of carbonyl (C=O) groups is 2. The molecule has 1 aromatic heterocycles. The van der Waals surface area contributed by atoms with Gasteiger partial charge in [-0.05, 0) is 19.1 Å². The first-order valence-electron chi connectivity index (χ1n) is 8.24. The van der Waals surface area contributed by atoms with E-state index in [4.69, 9.17) is 0 Å². The van der Waals surface area contributed by atoms with Gasteiger partial charge in [0.2, 0.25) is 11.8 Å². The number of carbonyl (C=O) groups excluding carboxylic acids is 2. The minimum absolute atomic E-state index is 0.0304. The standard InChI is InChI=1S/C18H18F2N4O2/c1-11(6-13-9-21-4-5-22-13)23-18(26)12-7-17(25)24(10-12)14-2-3-15(19)16(20)8-14/h2-5,8-9,11-12H,6-7,10H2,1H3,(H,23,26)/t11-,12+/m1/s1. The van der Waals surface area contributed by atoms with Crippen LogP contribution in [0, 0.1) is 17.6 Å². The average molecular weight is 360 g/mol. The van der Waals surface area contributed by atoms with E-state index in [1.165, 1.54) is 11.0 Å². The number of aromatic nitrogens is 2. The second kappa shape index (κ2) is 7.55. The Hall–Kier alpha value is -2.90. The van der Waals surface area contributed by atoms with E-state index in [-0.39, 0.29) is 36.5 Å². The minimum Gasteiger partial charge on any atom is -0.353 e. The van der Waals surface area contributed by atoms with Crippen LogP contribution in [-0.2, 0) is 16.0 Å². The maximum absolute atomic E-state index is 13.4. The fraction of sp³-hybridized carbons (Fsp3) is 0.333. The van der Waals surface area contributed by atoms with Crippen LogP contribution in [0.15, 0.2) is 36.8 Å². The highest BCUT2D eigenvalue weighted by molar-refractivity contribution is 6.00. The molecule has 1 aliphatic heterocycles. The molecule has 0 unspecified atom stereocenters. The molecule has 0 radical (unpaired) electrons. The molecular weight excluding hydrogens is 342 g/mol. The van der Waals surface area contributed by atoms with Crippen LogP contribution in [0.25, 0.3) is 0 Å². The van der Waals surface area contributed by atoms with E-state index in [0.717, 1.165) is 17.8 Å². The fourth-order valence-corrected chi connectivity index (χ4v) is 2.95. The maximum atomic E-state index is 13.4. The largest absolute Gasteiger partial charge is 0.353 e. The Labute approximate surface area is 149 Å². The van der Waals surface area contributed by atoms with Crippen LogP contribution in [0.2, 0.25) is 0 Å². The van der Waals surface area contributed by atoms with E-state index in [1.54, 1.807) is 18.6 Å². The van der Waals surface area contributed by atoms with Gasteiger partial charge in [0.25, 0.3) is 0 Å². The van der Waals surface area contributed by atoms with Crippen LogP contribution < -0.4 is 10.2 Å². The molecule has 3 rings (SSSR count). The highest BCUT2D eigenvalue weighted by Gasteiger charge is 2.35. The number of hydrogen-bond donors (Lipinski definition) is 1. The molecule has 2 aromatic rings. The van der Waals surface area contributed by atoms with E-state index in [9.17, 15) is 18.4 Å². The van der Waals surface area contributed by atoms with Gasteiger partial charge in [-0.1, -0.05) is 0 Å². The van der Waals surface area contributed by atoms with Gasteiger partial charge in [0.1, 0.15) is 0 Å². The predicted molar refractivity (Wildman–Crippen MR) is 90.2 cm³/mol. The maximum Gasteiger partial charge on any atom is 0.227 e. The third-order valence-electron chi connectivity index (χ3n) is 4.23. The molecular formula is C18H18F2N4O2. The summed E-state index contributed by atoms with van der Waals surface area (Å²) in [5, 5.41) is 2.86. The Morgan fingerprint density at radius 1 is 1.35 bits per heavy atom. The van der Waals surface area contributed by atoms with Gasteiger partial charge in [-0.2, -0.15) is 0 Å². The molecule has 2 atom stereocenters. The van der Waals surface area contributed by atoms with Gasteiger partial charge in [-0.15, -0.1) is 0 Å². The first-order valence-corrected chi connectivity index (χ1v) is 8.24. The number of hydrogen-bond acceptors (Lipinski definition) is 4. The van der Waals surface area contributed by atoms with Crippen molar-refractivity contribution in [3.05, 3.63) is 54.1 Å². The lowest BCUT2D eigenvalue weighted by Crippen LogP contribution is -2.39. The molecule has 0 spiro atoms. The van der Waals surface area contributed by atoms with E-state index < -0.39 is 17.6 Å². The van der Waals surface area contributed by atoms with Gasteiger partial charge >= 0.3 is 0 Å². The molecule has 1 aromatic carbocycles. The van der Waals surface area contributed by atoms with Crippen LogP contribution in [-0.4, -0.2) is 34.4 Å². The van der Waals surface area contributed by atoms with Gasteiger partial charge in [-0.25, -0.2) is 8.78 Å². The van der Waals surface area contributed by atoms with Crippen molar-refractivity contribution in [1.82, 2.24) is 15.3 Å². The Bertz CT molecular complexity index is 816. The molecule has 1 saturated heterocycles. The van der Waals surface area contributed by atoms with Crippen molar-refractivity contribution >= 4 is 17.5 Å². The average Bonchev–Trinajstić information content (AvgIpc) is 3.00. The quantitative estimate of drug-likeness (QED) is 0.883. The summed E-state index contributed by atoms with van der Waals surface area (Å²) in [5.74, 6) is -3.09. The summed E-state index contributed by atoms with van der Waals surface area (Å²) < 4.78 is 26.4. The first kappa shape index (κ1) is 17.9. The highest BCUT2D eigenvalue weighted by atomic mass is 19.2. The summed E-state index contributed by atoms with van der Waals surface area (Å²) in [6.45, 7) is 1.98. The van der Waals surface area contributed by atoms with Crippen LogP contribution in [0.5, 0.6) is 0 Å². The molecule has 0 saturated carbocycles. The van der Waals surface area contributed by atoms with Crippen LogP contribution >= 0.6 is 0 Å². The minimum atomic E-state index is -1.03. The lowest BCUT2D eigenvalue weighted by Gasteiger charge is -2.18. The van der Waals surface area contributed by atoms with Crippen molar-refractivity contribution < 1.29 is 18.4 Å². The molecule has 6 nitrogen and oxygen atoms in total. The van der Waals surface area contributed by atoms with Crippen molar-refractivity contribution in [2.45, 2.75) is 25.8 Å². The number of nitrogens with one attached hydrogen (secondary N) is 1. The monoisotopic (exact) mass is 360 g/mol. The van der Waals surface area contributed by atoms with E-state index >= 15 is 0 Å². The first-order chi connectivity index (χ1) is 12.4. The predicted octanol–water partition coefficient (Wildman–Crippen LogP) is 1.86. The molecule has 26 heavy (non-hydrogen) atoms. The van der Waals surface area contributed by atoms with Crippen LogP contribution in [0.1, 0.15) is 19.0 Å². The lowest BCUT2D eigenvalue weighted by molar-refractivity contribution is -0.126. The molecule has 8 heteroatoms. The smallest absolute Gasteiger partial charge is 0.227 e. The Morgan fingerprint density at radius 2 is 2.15 bits per heavy atom. The Morgan fingerprint density at radius 3 is 2.85 bits per heavy atom. The van der Waals surface area contributed by atoms with Crippen molar-refractivity contribution in [2.24, 2.45) is 5.92 Å². The number of amides is 2. The van der Waals surface area contributed by atoms with Crippen LogP contribution in [0.4, 0.5) is 14.5 Å². The number of halogens is 2. The van der Waals surface area contributed by atoms with E-state index in [0.29, 0.717) is 6.42 Å². The van der Waals surface area contributed by atoms with Crippen molar-refractivity contribution in [1.29, 1.82) is 0 Å². The Balaban J connectivity index is 1.60. The van der Waals surface area contributed by atoms with Gasteiger partial charge in [0.05, 0.1) is 11.6 Å².